The van der Waals surface area contributed by atoms with Gasteiger partial charge in [-0.25, -0.2) is 0 Å². The number of nitrogens with one attached hydrogen (secondary N) is 1. The zero-order chi connectivity index (χ0) is 14.5. The van der Waals surface area contributed by atoms with Crippen molar-refractivity contribution in [1.82, 2.24) is 10.2 Å². The normalized spacial score (nSPS) is 10.0. The number of benzene rings is 1. The summed E-state index contributed by atoms with van der Waals surface area (Å²) in [5.41, 5.74) is 5.66. The molecule has 0 saturated heterocycles. The van der Waals surface area contributed by atoms with E-state index in [2.05, 4.69) is 15.5 Å². The fraction of sp³-hybridized carbons (Fsp3) is 0.0833. The lowest BCUT2D eigenvalue weighted by molar-refractivity contribution is -0.385. The molecule has 0 saturated carbocycles. The van der Waals surface area contributed by atoms with Crippen LogP contribution in [0.2, 0.25) is 0 Å². The summed E-state index contributed by atoms with van der Waals surface area (Å²) in [4.78, 5) is 21.2. The zero-order valence-corrected chi connectivity index (χ0v) is 10.3. The van der Waals surface area contributed by atoms with Crippen LogP contribution in [-0.2, 0) is 6.54 Å². The Labute approximate surface area is 113 Å². The van der Waals surface area contributed by atoms with E-state index in [0.29, 0.717) is 11.4 Å². The smallest absolute Gasteiger partial charge is 0.274 e. The molecule has 1 heterocycles. The molecule has 1 amide bonds. The van der Waals surface area contributed by atoms with Gasteiger partial charge in [0.15, 0.2) is 5.69 Å². The van der Waals surface area contributed by atoms with Crippen LogP contribution in [0, 0.1) is 10.1 Å². The average Bonchev–Trinajstić information content (AvgIpc) is 2.45. The number of primary amides is 1. The minimum absolute atomic E-state index is 0.0294. The molecule has 1 aromatic heterocycles. The first-order chi connectivity index (χ1) is 9.58. The highest BCUT2D eigenvalue weighted by Gasteiger charge is 2.12. The first-order valence-electron chi connectivity index (χ1n) is 5.67. The Morgan fingerprint density at radius 1 is 1.25 bits per heavy atom. The Morgan fingerprint density at radius 2 is 2.00 bits per heavy atom. The zero-order valence-electron chi connectivity index (χ0n) is 10.3. The number of carbonyl (C=O) groups is 1. The Hall–Kier alpha value is -3.03. The molecule has 0 fully saturated rings. The maximum absolute atomic E-state index is 10.9. The van der Waals surface area contributed by atoms with E-state index < -0.39 is 10.8 Å². The van der Waals surface area contributed by atoms with Crippen LogP contribution in [0.1, 0.15) is 16.1 Å². The van der Waals surface area contributed by atoms with Gasteiger partial charge in [0.1, 0.15) is 5.82 Å². The van der Waals surface area contributed by atoms with Crippen LogP contribution in [0.3, 0.4) is 0 Å². The van der Waals surface area contributed by atoms with Crippen molar-refractivity contribution in [3.8, 4) is 0 Å². The molecule has 0 aliphatic rings. The average molecular weight is 273 g/mol. The summed E-state index contributed by atoms with van der Waals surface area (Å²) >= 11 is 0. The molecule has 0 spiro atoms. The molecule has 0 unspecified atom stereocenters. The standard InChI is InChI=1S/C12H11N5O3/c13-12(18)9-5-6-11(16-15-9)14-7-8-3-1-2-4-10(8)17(19)20/h1-6H,7H2,(H2,13,18)(H,14,16). The number of nitrogens with zero attached hydrogens (tertiary/aromatic N) is 3. The summed E-state index contributed by atoms with van der Waals surface area (Å²) in [6, 6.07) is 9.35. The van der Waals surface area contributed by atoms with Gasteiger partial charge in [-0.05, 0) is 12.1 Å². The van der Waals surface area contributed by atoms with E-state index in [1.165, 1.54) is 18.2 Å². The van der Waals surface area contributed by atoms with Crippen LogP contribution < -0.4 is 11.1 Å². The van der Waals surface area contributed by atoms with Crippen LogP contribution in [-0.4, -0.2) is 21.0 Å². The van der Waals surface area contributed by atoms with Gasteiger partial charge in [-0.2, -0.15) is 0 Å². The number of nitrogens with two attached hydrogens (primary N) is 1. The van der Waals surface area contributed by atoms with Gasteiger partial charge in [0, 0.05) is 18.2 Å². The number of para-hydroxylation sites is 1. The molecule has 102 valence electrons. The van der Waals surface area contributed by atoms with Gasteiger partial charge in [-0.3, -0.25) is 14.9 Å². The molecule has 2 rings (SSSR count). The van der Waals surface area contributed by atoms with Crippen LogP contribution in [0.4, 0.5) is 11.5 Å². The predicted molar refractivity (Wildman–Crippen MR) is 71.0 cm³/mol. The number of nitro benzene ring substituents is 1. The topological polar surface area (TPSA) is 124 Å². The predicted octanol–water partition coefficient (Wildman–Crippen LogP) is 1.10. The largest absolute Gasteiger partial charge is 0.364 e. The summed E-state index contributed by atoms with van der Waals surface area (Å²) in [5, 5.41) is 21.1. The fourth-order valence-electron chi connectivity index (χ4n) is 1.58. The Kier molecular flexibility index (Phi) is 3.85. The number of aromatic nitrogens is 2. The minimum atomic E-state index is -0.664. The number of rotatable bonds is 5. The van der Waals surface area contributed by atoms with Gasteiger partial charge in [-0.1, -0.05) is 18.2 Å². The van der Waals surface area contributed by atoms with Crippen molar-refractivity contribution in [2.75, 3.05) is 5.32 Å². The van der Waals surface area contributed by atoms with E-state index >= 15 is 0 Å². The third kappa shape index (κ3) is 3.05. The third-order valence-electron chi connectivity index (χ3n) is 2.57. The number of anilines is 1. The minimum Gasteiger partial charge on any atom is -0.364 e. The van der Waals surface area contributed by atoms with E-state index in [4.69, 9.17) is 5.73 Å². The van der Waals surface area contributed by atoms with Gasteiger partial charge in [0.2, 0.25) is 0 Å². The van der Waals surface area contributed by atoms with Crippen molar-refractivity contribution in [1.29, 1.82) is 0 Å². The molecule has 0 radical (unpaired) electrons. The Morgan fingerprint density at radius 3 is 2.60 bits per heavy atom. The highest BCUT2D eigenvalue weighted by atomic mass is 16.6. The van der Waals surface area contributed by atoms with Crippen molar-refractivity contribution < 1.29 is 9.72 Å². The molecule has 0 bridgehead atoms. The molecule has 2 aromatic rings. The van der Waals surface area contributed by atoms with E-state index in [0.717, 1.165) is 0 Å². The number of hydrogen-bond acceptors (Lipinski definition) is 6. The van der Waals surface area contributed by atoms with Crippen LogP contribution in [0.15, 0.2) is 36.4 Å². The lowest BCUT2D eigenvalue weighted by atomic mass is 10.2. The molecule has 0 atom stereocenters. The molecule has 1 aromatic carbocycles. The van der Waals surface area contributed by atoms with Gasteiger partial charge in [0.25, 0.3) is 11.6 Å². The Bertz CT molecular complexity index is 642. The molecule has 0 aliphatic carbocycles. The molecule has 0 aliphatic heterocycles. The highest BCUT2D eigenvalue weighted by molar-refractivity contribution is 5.90. The van der Waals surface area contributed by atoms with E-state index in [-0.39, 0.29) is 17.9 Å². The summed E-state index contributed by atoms with van der Waals surface area (Å²) in [5.74, 6) is -0.268. The molecule has 8 nitrogen and oxygen atoms in total. The second-order valence-corrected chi connectivity index (χ2v) is 3.91. The van der Waals surface area contributed by atoms with Gasteiger partial charge >= 0.3 is 0 Å². The fourth-order valence-corrected chi connectivity index (χ4v) is 1.58. The SMILES string of the molecule is NC(=O)c1ccc(NCc2ccccc2[N+](=O)[O-])nn1. The second kappa shape index (κ2) is 5.74. The molecular weight excluding hydrogens is 262 g/mol. The van der Waals surface area contributed by atoms with Crippen molar-refractivity contribution in [2.45, 2.75) is 6.54 Å². The summed E-state index contributed by atoms with van der Waals surface area (Å²) in [6.07, 6.45) is 0. The number of carbonyl (C=O) groups excluding carboxylic acids is 1. The van der Waals surface area contributed by atoms with Crippen molar-refractivity contribution >= 4 is 17.4 Å². The second-order valence-electron chi connectivity index (χ2n) is 3.91. The molecule has 3 N–H and O–H groups in total. The van der Waals surface area contributed by atoms with Crippen molar-refractivity contribution in [3.63, 3.8) is 0 Å². The summed E-state index contributed by atoms with van der Waals surface area (Å²) in [7, 11) is 0. The van der Waals surface area contributed by atoms with Crippen LogP contribution in [0.25, 0.3) is 0 Å². The third-order valence-corrected chi connectivity index (χ3v) is 2.57. The lowest BCUT2D eigenvalue weighted by Crippen LogP contribution is -2.14. The number of nitro groups is 1. The van der Waals surface area contributed by atoms with Gasteiger partial charge < -0.3 is 11.1 Å². The number of amides is 1. The molecule has 20 heavy (non-hydrogen) atoms. The number of hydrogen-bond donors (Lipinski definition) is 2. The van der Waals surface area contributed by atoms with E-state index in [1.54, 1.807) is 18.2 Å². The highest BCUT2D eigenvalue weighted by Crippen LogP contribution is 2.18. The van der Waals surface area contributed by atoms with E-state index in [1.807, 2.05) is 0 Å². The van der Waals surface area contributed by atoms with Crippen LogP contribution >= 0.6 is 0 Å². The first-order valence-corrected chi connectivity index (χ1v) is 5.67. The molecule has 8 heteroatoms. The van der Waals surface area contributed by atoms with Crippen LogP contribution in [0.5, 0.6) is 0 Å². The monoisotopic (exact) mass is 273 g/mol. The first kappa shape index (κ1) is 13.4. The summed E-state index contributed by atoms with van der Waals surface area (Å²) < 4.78 is 0. The Balaban J connectivity index is 2.09. The quantitative estimate of drug-likeness (QED) is 0.620. The van der Waals surface area contributed by atoms with Crippen molar-refractivity contribution in [2.24, 2.45) is 5.73 Å². The molecular formula is C12H11N5O3. The van der Waals surface area contributed by atoms with Gasteiger partial charge in [0.05, 0.1) is 4.92 Å². The summed E-state index contributed by atoms with van der Waals surface area (Å²) in [6.45, 7) is 0.224. The van der Waals surface area contributed by atoms with Gasteiger partial charge in [-0.15, -0.1) is 10.2 Å². The lowest BCUT2D eigenvalue weighted by Gasteiger charge is -2.05. The maximum Gasteiger partial charge on any atom is 0.274 e. The van der Waals surface area contributed by atoms with E-state index in [9.17, 15) is 14.9 Å². The maximum atomic E-state index is 10.9. The van der Waals surface area contributed by atoms with Crippen molar-refractivity contribution in [3.05, 3.63) is 57.8 Å².